The Morgan fingerprint density at radius 2 is 2.06 bits per heavy atom. The summed E-state index contributed by atoms with van der Waals surface area (Å²) in [6, 6.07) is -0.911. The smallest absolute Gasteiger partial charge is 0.325 e. The molecule has 1 heterocycles. The Morgan fingerprint density at radius 3 is 2.56 bits per heavy atom. The molecule has 1 aromatic rings. The zero-order valence-electron chi connectivity index (χ0n) is 11.1. The van der Waals surface area contributed by atoms with Crippen LogP contribution in [0.15, 0.2) is 0 Å². The fraction of sp³-hybridized carbons (Fsp3) is 0.583. The molecule has 1 aromatic heterocycles. The fourth-order valence-electron chi connectivity index (χ4n) is 1.79. The first kappa shape index (κ1) is 14.2. The molecule has 1 amide bonds. The van der Waals surface area contributed by atoms with Crippen LogP contribution in [0.25, 0.3) is 0 Å². The highest BCUT2D eigenvalue weighted by Crippen LogP contribution is 2.13. The lowest BCUT2D eigenvalue weighted by Crippen LogP contribution is -2.38. The van der Waals surface area contributed by atoms with Crippen molar-refractivity contribution >= 4 is 11.9 Å². The number of carbonyl (C=O) groups excluding carboxylic acids is 1. The molecule has 18 heavy (non-hydrogen) atoms. The van der Waals surface area contributed by atoms with Gasteiger partial charge in [-0.3, -0.25) is 14.3 Å². The number of aryl methyl sites for hydroxylation is 2. The molecule has 0 spiro atoms. The molecule has 0 bridgehead atoms. The molecule has 0 radical (unpaired) electrons. The number of hydrogen-bond donors (Lipinski definition) is 2. The summed E-state index contributed by atoms with van der Waals surface area (Å²) < 4.78 is 1.77. The van der Waals surface area contributed by atoms with Crippen molar-refractivity contribution in [3.05, 3.63) is 17.0 Å². The Kier molecular flexibility index (Phi) is 4.47. The molecule has 0 saturated carbocycles. The molecule has 6 heteroatoms. The zero-order chi connectivity index (χ0) is 13.9. The van der Waals surface area contributed by atoms with Crippen LogP contribution >= 0.6 is 0 Å². The van der Waals surface area contributed by atoms with Crippen LogP contribution in [0, 0.1) is 13.8 Å². The van der Waals surface area contributed by atoms with Gasteiger partial charge < -0.3 is 10.4 Å². The van der Waals surface area contributed by atoms with Crippen LogP contribution in [0.3, 0.4) is 0 Å². The number of aromatic nitrogens is 2. The van der Waals surface area contributed by atoms with Gasteiger partial charge in [-0.25, -0.2) is 0 Å². The van der Waals surface area contributed by atoms with Crippen molar-refractivity contribution in [2.75, 3.05) is 0 Å². The summed E-state index contributed by atoms with van der Waals surface area (Å²) >= 11 is 0. The normalized spacial score (nSPS) is 12.2. The van der Waals surface area contributed by atoms with Crippen LogP contribution in [-0.4, -0.2) is 32.8 Å². The second-order valence-electron chi connectivity index (χ2n) is 4.30. The molecule has 0 aliphatic carbocycles. The van der Waals surface area contributed by atoms with Crippen LogP contribution in [0.1, 0.15) is 42.0 Å². The largest absolute Gasteiger partial charge is 0.480 e. The third kappa shape index (κ3) is 2.88. The number of nitrogens with zero attached hydrogens (tertiary/aromatic N) is 2. The van der Waals surface area contributed by atoms with E-state index in [1.54, 1.807) is 11.6 Å². The van der Waals surface area contributed by atoms with Gasteiger partial charge in [0.2, 0.25) is 0 Å². The first-order valence-electron chi connectivity index (χ1n) is 5.96. The van der Waals surface area contributed by atoms with E-state index in [0.29, 0.717) is 11.3 Å². The Hall–Kier alpha value is -1.85. The van der Waals surface area contributed by atoms with Gasteiger partial charge in [-0.05, 0) is 27.2 Å². The maximum atomic E-state index is 12.0. The highest BCUT2D eigenvalue weighted by molar-refractivity contribution is 5.98. The predicted octanol–water partition coefficient (Wildman–Crippen LogP) is 1.11. The van der Waals surface area contributed by atoms with Gasteiger partial charge in [0, 0.05) is 12.2 Å². The third-order valence-electron chi connectivity index (χ3n) is 2.76. The number of carboxylic acids is 1. The quantitative estimate of drug-likeness (QED) is 0.823. The van der Waals surface area contributed by atoms with Gasteiger partial charge in [-0.1, -0.05) is 6.92 Å². The van der Waals surface area contributed by atoms with Crippen LogP contribution in [0.2, 0.25) is 0 Å². The van der Waals surface area contributed by atoms with Crippen LogP contribution in [0.5, 0.6) is 0 Å². The molecule has 0 saturated heterocycles. The standard InChI is InChI=1S/C12H19N3O3/c1-5-6-15-9(4)10(7(2)14-15)11(16)13-8(3)12(17)18/h8H,5-6H2,1-4H3,(H,13,16)(H,17,18)/t8-/m1/s1. The van der Waals surface area contributed by atoms with Crippen molar-refractivity contribution in [1.29, 1.82) is 0 Å². The first-order chi connectivity index (χ1) is 8.38. The van der Waals surface area contributed by atoms with Crippen molar-refractivity contribution in [2.45, 2.75) is 46.7 Å². The molecule has 0 aliphatic rings. The zero-order valence-corrected chi connectivity index (χ0v) is 11.1. The lowest BCUT2D eigenvalue weighted by molar-refractivity contribution is -0.138. The van der Waals surface area contributed by atoms with E-state index in [2.05, 4.69) is 10.4 Å². The molecule has 6 nitrogen and oxygen atoms in total. The summed E-state index contributed by atoms with van der Waals surface area (Å²) in [5.41, 5.74) is 1.86. The average Bonchev–Trinajstić information content (AvgIpc) is 2.54. The molecule has 0 fully saturated rings. The Bertz CT molecular complexity index is 465. The second-order valence-corrected chi connectivity index (χ2v) is 4.30. The number of carbonyl (C=O) groups is 2. The third-order valence-corrected chi connectivity index (χ3v) is 2.76. The average molecular weight is 253 g/mol. The minimum Gasteiger partial charge on any atom is -0.480 e. The monoisotopic (exact) mass is 253 g/mol. The van der Waals surface area contributed by atoms with Crippen molar-refractivity contribution < 1.29 is 14.7 Å². The van der Waals surface area contributed by atoms with E-state index >= 15 is 0 Å². The van der Waals surface area contributed by atoms with Gasteiger partial charge in [0.1, 0.15) is 6.04 Å². The molecule has 0 aromatic carbocycles. The van der Waals surface area contributed by atoms with E-state index in [9.17, 15) is 9.59 Å². The van der Waals surface area contributed by atoms with E-state index in [4.69, 9.17) is 5.11 Å². The van der Waals surface area contributed by atoms with Crippen molar-refractivity contribution in [3.63, 3.8) is 0 Å². The number of carboxylic acid groups (broad SMARTS) is 1. The highest BCUT2D eigenvalue weighted by Gasteiger charge is 2.21. The molecule has 1 atom stereocenters. The van der Waals surface area contributed by atoms with E-state index < -0.39 is 12.0 Å². The Morgan fingerprint density at radius 1 is 1.44 bits per heavy atom. The van der Waals surface area contributed by atoms with Gasteiger partial charge in [-0.2, -0.15) is 5.10 Å². The topological polar surface area (TPSA) is 84.2 Å². The number of rotatable bonds is 5. The van der Waals surface area contributed by atoms with E-state index in [-0.39, 0.29) is 5.91 Å². The minimum absolute atomic E-state index is 0.387. The Balaban J connectivity index is 2.95. The number of aliphatic carboxylic acids is 1. The highest BCUT2D eigenvalue weighted by atomic mass is 16.4. The summed E-state index contributed by atoms with van der Waals surface area (Å²) in [7, 11) is 0. The summed E-state index contributed by atoms with van der Waals surface area (Å²) in [4.78, 5) is 22.7. The summed E-state index contributed by atoms with van der Waals surface area (Å²) in [5, 5.41) is 15.5. The second kappa shape index (κ2) is 5.66. The van der Waals surface area contributed by atoms with Gasteiger partial charge >= 0.3 is 5.97 Å². The molecule has 0 unspecified atom stereocenters. The summed E-state index contributed by atoms with van der Waals surface area (Å²) in [6.07, 6.45) is 0.925. The van der Waals surface area contributed by atoms with E-state index in [1.165, 1.54) is 6.92 Å². The lowest BCUT2D eigenvalue weighted by Gasteiger charge is -2.09. The predicted molar refractivity (Wildman–Crippen MR) is 66.6 cm³/mol. The van der Waals surface area contributed by atoms with Crippen LogP contribution in [-0.2, 0) is 11.3 Å². The van der Waals surface area contributed by atoms with Crippen LogP contribution < -0.4 is 5.32 Å². The lowest BCUT2D eigenvalue weighted by atomic mass is 10.1. The number of nitrogens with one attached hydrogen (secondary N) is 1. The maximum absolute atomic E-state index is 12.0. The summed E-state index contributed by atoms with van der Waals surface area (Å²) in [5.74, 6) is -1.44. The van der Waals surface area contributed by atoms with Crippen molar-refractivity contribution in [2.24, 2.45) is 0 Å². The van der Waals surface area contributed by atoms with Gasteiger partial charge in [0.25, 0.3) is 5.91 Å². The van der Waals surface area contributed by atoms with Crippen molar-refractivity contribution in [1.82, 2.24) is 15.1 Å². The molecule has 100 valence electrons. The van der Waals surface area contributed by atoms with E-state index in [0.717, 1.165) is 18.7 Å². The van der Waals surface area contributed by atoms with Crippen LogP contribution in [0.4, 0.5) is 0 Å². The van der Waals surface area contributed by atoms with Crippen molar-refractivity contribution in [3.8, 4) is 0 Å². The molecule has 2 N–H and O–H groups in total. The van der Waals surface area contributed by atoms with Gasteiger partial charge in [0.05, 0.1) is 11.3 Å². The molecule has 1 rings (SSSR count). The molecule has 0 aliphatic heterocycles. The fourth-order valence-corrected chi connectivity index (χ4v) is 1.79. The Labute approximate surface area is 106 Å². The van der Waals surface area contributed by atoms with E-state index in [1.807, 2.05) is 13.8 Å². The summed E-state index contributed by atoms with van der Waals surface area (Å²) in [6.45, 7) is 7.77. The molecular weight excluding hydrogens is 234 g/mol. The maximum Gasteiger partial charge on any atom is 0.325 e. The van der Waals surface area contributed by atoms with Gasteiger partial charge in [-0.15, -0.1) is 0 Å². The minimum atomic E-state index is -1.06. The first-order valence-corrected chi connectivity index (χ1v) is 5.96. The SMILES string of the molecule is CCCn1nc(C)c(C(=O)N[C@H](C)C(=O)O)c1C. The number of hydrogen-bond acceptors (Lipinski definition) is 3. The molecular formula is C12H19N3O3. The number of amides is 1. The van der Waals surface area contributed by atoms with Gasteiger partial charge in [0.15, 0.2) is 0 Å².